The summed E-state index contributed by atoms with van der Waals surface area (Å²) in [5.41, 5.74) is 0.598. The number of ether oxygens (including phenoxy) is 1. The Hall–Kier alpha value is -2.78. The smallest absolute Gasteiger partial charge is 0.270 e. The first-order chi connectivity index (χ1) is 13.3. The van der Waals surface area contributed by atoms with Crippen molar-refractivity contribution >= 4 is 56.8 Å². The molecule has 3 rings (SSSR count). The van der Waals surface area contributed by atoms with E-state index in [1.165, 1.54) is 42.5 Å². The average Bonchev–Trinajstić information content (AvgIpc) is 2.63. The van der Waals surface area contributed by atoms with Gasteiger partial charge in [-0.1, -0.05) is 15.9 Å². The van der Waals surface area contributed by atoms with E-state index >= 15 is 0 Å². The molecule has 2 aromatic carbocycles. The minimum atomic E-state index is -0.661. The van der Waals surface area contributed by atoms with Crippen LogP contribution < -0.4 is 15.0 Å². The molecule has 0 radical (unpaired) electrons. The number of rotatable bonds is 4. The maximum atomic E-state index is 13.2. The molecule has 1 saturated heterocycles. The molecule has 0 spiro atoms. The minimum Gasteiger partial charge on any atom is -0.504 e. The fourth-order valence-electron chi connectivity index (χ4n) is 2.58. The molecular formula is C19H14BrFN2O4S. The number of nitrogens with zero attached hydrogens (tertiary/aromatic N) is 1. The minimum absolute atomic E-state index is 0.0792. The van der Waals surface area contributed by atoms with Crippen molar-refractivity contribution in [2.75, 3.05) is 11.5 Å². The first-order valence-corrected chi connectivity index (χ1v) is 9.34. The van der Waals surface area contributed by atoms with Gasteiger partial charge in [-0.05, 0) is 67.2 Å². The van der Waals surface area contributed by atoms with Crippen molar-refractivity contribution in [1.82, 2.24) is 5.32 Å². The summed E-state index contributed by atoms with van der Waals surface area (Å²) in [7, 11) is 0. The predicted octanol–water partition coefficient (Wildman–Crippen LogP) is 3.52. The number of benzene rings is 2. The second-order valence-corrected chi connectivity index (χ2v) is 6.95. The van der Waals surface area contributed by atoms with Crippen molar-refractivity contribution < 1.29 is 23.8 Å². The van der Waals surface area contributed by atoms with Crippen LogP contribution in [0.2, 0.25) is 0 Å². The Labute approximate surface area is 173 Å². The lowest BCUT2D eigenvalue weighted by molar-refractivity contribution is -0.122. The van der Waals surface area contributed by atoms with Crippen molar-refractivity contribution in [1.29, 1.82) is 0 Å². The number of halogens is 2. The summed E-state index contributed by atoms with van der Waals surface area (Å²) in [6.07, 6.45) is 1.36. The number of phenols is 1. The van der Waals surface area contributed by atoms with Crippen molar-refractivity contribution in [2.24, 2.45) is 0 Å². The third-order valence-corrected chi connectivity index (χ3v) is 4.84. The Morgan fingerprint density at radius 3 is 2.61 bits per heavy atom. The molecule has 144 valence electrons. The molecule has 2 amide bonds. The number of aromatic hydroxyl groups is 1. The predicted molar refractivity (Wildman–Crippen MR) is 110 cm³/mol. The number of hydrogen-bond acceptors (Lipinski definition) is 5. The summed E-state index contributed by atoms with van der Waals surface area (Å²) in [4.78, 5) is 26.4. The summed E-state index contributed by atoms with van der Waals surface area (Å²) >= 11 is 8.40. The molecule has 9 heteroatoms. The molecular weight excluding hydrogens is 451 g/mol. The van der Waals surface area contributed by atoms with Gasteiger partial charge in [0.25, 0.3) is 11.8 Å². The summed E-state index contributed by atoms with van der Waals surface area (Å²) in [5, 5.41) is 12.3. The number of carbonyl (C=O) groups is 2. The van der Waals surface area contributed by atoms with E-state index in [-0.39, 0.29) is 22.2 Å². The van der Waals surface area contributed by atoms with Crippen molar-refractivity contribution in [3.05, 3.63) is 57.8 Å². The van der Waals surface area contributed by atoms with Gasteiger partial charge >= 0.3 is 0 Å². The maximum Gasteiger partial charge on any atom is 0.270 e. The Balaban J connectivity index is 2.04. The Kier molecular flexibility index (Phi) is 5.76. The fourth-order valence-corrected chi connectivity index (χ4v) is 3.30. The van der Waals surface area contributed by atoms with Gasteiger partial charge in [-0.15, -0.1) is 0 Å². The molecule has 0 saturated carbocycles. The van der Waals surface area contributed by atoms with E-state index in [0.29, 0.717) is 22.3 Å². The molecule has 1 aliphatic heterocycles. The number of phenolic OH excluding ortho intramolecular Hbond substituents is 1. The van der Waals surface area contributed by atoms with Crippen molar-refractivity contribution in [2.45, 2.75) is 6.92 Å². The van der Waals surface area contributed by atoms with Crippen LogP contribution in [0, 0.1) is 5.82 Å². The molecule has 0 aliphatic carbocycles. The number of carbonyl (C=O) groups excluding carboxylic acids is 2. The Bertz CT molecular complexity index is 1010. The number of nitrogens with one attached hydrogen (secondary N) is 1. The summed E-state index contributed by atoms with van der Waals surface area (Å²) in [6.45, 7) is 2.09. The summed E-state index contributed by atoms with van der Waals surface area (Å²) in [6, 6.07) is 8.07. The normalized spacial score (nSPS) is 15.8. The van der Waals surface area contributed by atoms with Gasteiger partial charge in [0.15, 0.2) is 16.6 Å². The molecule has 1 heterocycles. The molecule has 2 N–H and O–H groups in total. The van der Waals surface area contributed by atoms with Crippen LogP contribution in [0.4, 0.5) is 10.1 Å². The number of hydrogen-bond donors (Lipinski definition) is 2. The van der Waals surface area contributed by atoms with Gasteiger partial charge in [0, 0.05) is 4.47 Å². The highest BCUT2D eigenvalue weighted by atomic mass is 79.9. The van der Waals surface area contributed by atoms with Gasteiger partial charge in [-0.3, -0.25) is 19.8 Å². The molecule has 0 atom stereocenters. The zero-order chi connectivity index (χ0) is 20.4. The Morgan fingerprint density at radius 2 is 1.96 bits per heavy atom. The third kappa shape index (κ3) is 3.90. The van der Waals surface area contributed by atoms with E-state index in [9.17, 15) is 19.1 Å². The second-order valence-electron chi connectivity index (χ2n) is 5.71. The summed E-state index contributed by atoms with van der Waals surface area (Å²) < 4.78 is 19.0. The largest absolute Gasteiger partial charge is 0.504 e. The van der Waals surface area contributed by atoms with Crippen molar-refractivity contribution in [3.63, 3.8) is 0 Å². The maximum absolute atomic E-state index is 13.2. The SMILES string of the molecule is CCOc1cc(/C=C2/C(=O)NC(=S)N(c3ccc(F)cc3)C2=O)c(Br)cc1O. The standard InChI is InChI=1S/C19H14BrFN2O4S/c1-2-27-16-8-10(14(20)9-15(16)24)7-13-17(25)22-19(28)23(18(13)26)12-5-3-11(21)4-6-12/h3-9,24H,2H2,1H3,(H,22,25,28)/b13-7-. The zero-order valence-electron chi connectivity index (χ0n) is 14.5. The van der Waals surface area contributed by atoms with Gasteiger partial charge in [-0.25, -0.2) is 4.39 Å². The van der Waals surface area contributed by atoms with Crippen LogP contribution in [0.1, 0.15) is 12.5 Å². The van der Waals surface area contributed by atoms with Crippen LogP contribution >= 0.6 is 28.1 Å². The van der Waals surface area contributed by atoms with Crippen LogP contribution in [0.3, 0.4) is 0 Å². The molecule has 1 aliphatic rings. The number of anilines is 1. The third-order valence-electron chi connectivity index (χ3n) is 3.86. The molecule has 2 aromatic rings. The van der Waals surface area contributed by atoms with Crippen LogP contribution in [-0.2, 0) is 9.59 Å². The van der Waals surface area contributed by atoms with Gasteiger partial charge in [0.2, 0.25) is 0 Å². The van der Waals surface area contributed by atoms with E-state index in [1.54, 1.807) is 6.92 Å². The zero-order valence-corrected chi connectivity index (χ0v) is 16.9. The van der Waals surface area contributed by atoms with E-state index in [2.05, 4.69) is 21.2 Å². The van der Waals surface area contributed by atoms with E-state index in [4.69, 9.17) is 17.0 Å². The fraction of sp³-hybridized carbons (Fsp3) is 0.105. The van der Waals surface area contributed by atoms with Gasteiger partial charge in [0.05, 0.1) is 12.3 Å². The molecule has 0 aromatic heterocycles. The first-order valence-electron chi connectivity index (χ1n) is 8.14. The lowest BCUT2D eigenvalue weighted by Crippen LogP contribution is -2.54. The van der Waals surface area contributed by atoms with Crippen molar-refractivity contribution in [3.8, 4) is 11.5 Å². The molecule has 6 nitrogen and oxygen atoms in total. The molecule has 28 heavy (non-hydrogen) atoms. The Morgan fingerprint density at radius 1 is 1.29 bits per heavy atom. The van der Waals surface area contributed by atoms with Gasteiger partial charge < -0.3 is 9.84 Å². The van der Waals surface area contributed by atoms with Crippen LogP contribution in [0.25, 0.3) is 6.08 Å². The lowest BCUT2D eigenvalue weighted by atomic mass is 10.1. The summed E-state index contributed by atoms with van der Waals surface area (Å²) in [5.74, 6) is -1.64. The quantitative estimate of drug-likeness (QED) is 0.411. The highest BCUT2D eigenvalue weighted by Crippen LogP contribution is 2.34. The highest BCUT2D eigenvalue weighted by Gasteiger charge is 2.34. The van der Waals surface area contributed by atoms with Crippen LogP contribution in [0.5, 0.6) is 11.5 Å². The molecule has 1 fully saturated rings. The first kappa shape index (κ1) is 20.0. The monoisotopic (exact) mass is 464 g/mol. The van der Waals surface area contributed by atoms with E-state index in [1.807, 2.05) is 0 Å². The molecule has 0 unspecified atom stereocenters. The van der Waals surface area contributed by atoms with Gasteiger partial charge in [0.1, 0.15) is 11.4 Å². The lowest BCUT2D eigenvalue weighted by Gasteiger charge is -2.29. The van der Waals surface area contributed by atoms with Crippen LogP contribution in [-0.4, -0.2) is 28.6 Å². The average molecular weight is 465 g/mol. The number of thiocarbonyl (C=S) groups is 1. The topological polar surface area (TPSA) is 78.9 Å². The number of amides is 2. The second kappa shape index (κ2) is 8.07. The highest BCUT2D eigenvalue weighted by molar-refractivity contribution is 9.10. The molecule has 0 bridgehead atoms. The van der Waals surface area contributed by atoms with E-state index < -0.39 is 17.6 Å². The van der Waals surface area contributed by atoms with E-state index in [0.717, 1.165) is 4.90 Å². The van der Waals surface area contributed by atoms with Crippen LogP contribution in [0.15, 0.2) is 46.4 Å². The van der Waals surface area contributed by atoms with Gasteiger partial charge in [-0.2, -0.15) is 0 Å².